The number of hydrogen-bond acceptors (Lipinski definition) is 4. The van der Waals surface area contributed by atoms with E-state index in [0.29, 0.717) is 11.5 Å². The number of methoxy groups -OCH3 is 1. The number of imidazole rings is 1. The molecule has 2 heterocycles. The molecule has 0 spiro atoms. The van der Waals surface area contributed by atoms with Crippen LogP contribution in [-0.4, -0.2) is 40.8 Å². The number of aromatic nitrogens is 2. The quantitative estimate of drug-likeness (QED) is 0.625. The predicted molar refractivity (Wildman–Crippen MR) is 117 cm³/mol. The number of ether oxygens (including phenoxy) is 1. The average molecular weight is 401 g/mol. The fourth-order valence-electron chi connectivity index (χ4n) is 4.38. The van der Waals surface area contributed by atoms with Gasteiger partial charge in [0.2, 0.25) is 0 Å². The van der Waals surface area contributed by atoms with Crippen LogP contribution in [0, 0.1) is 18.3 Å². The van der Waals surface area contributed by atoms with Crippen molar-refractivity contribution in [2.75, 3.05) is 20.2 Å². The Morgan fingerprint density at radius 2 is 2.00 bits per heavy atom. The van der Waals surface area contributed by atoms with E-state index in [0.717, 1.165) is 32.6 Å². The number of likely N-dealkylation sites (tertiary alicyclic amines) is 1. The van der Waals surface area contributed by atoms with Crippen LogP contribution in [0.3, 0.4) is 0 Å². The number of aryl methyl sites for hydroxylation is 1. The van der Waals surface area contributed by atoms with Crippen LogP contribution in [-0.2, 0) is 17.8 Å². The van der Waals surface area contributed by atoms with E-state index >= 15 is 0 Å². The third kappa shape index (κ3) is 4.62. The summed E-state index contributed by atoms with van der Waals surface area (Å²) in [6.45, 7) is 5.72. The first kappa shape index (κ1) is 20.3. The van der Waals surface area contributed by atoms with Gasteiger partial charge in [0.15, 0.2) is 0 Å². The summed E-state index contributed by atoms with van der Waals surface area (Å²) in [7, 11) is 1.83. The van der Waals surface area contributed by atoms with Crippen LogP contribution in [0.5, 0.6) is 0 Å². The largest absolute Gasteiger partial charge is 0.379 e. The maximum Gasteiger partial charge on any atom is 0.0991 e. The second kappa shape index (κ2) is 9.25. The van der Waals surface area contributed by atoms with Gasteiger partial charge in [0.05, 0.1) is 29.8 Å². The molecule has 1 fully saturated rings. The highest BCUT2D eigenvalue weighted by Gasteiger charge is 2.30. The van der Waals surface area contributed by atoms with E-state index in [1.54, 1.807) is 0 Å². The van der Waals surface area contributed by atoms with E-state index in [1.165, 1.54) is 22.4 Å². The number of piperidine rings is 1. The van der Waals surface area contributed by atoms with Crippen molar-refractivity contribution < 1.29 is 4.74 Å². The molecule has 1 saturated heterocycles. The molecule has 0 bridgehead atoms. The van der Waals surface area contributed by atoms with Crippen molar-refractivity contribution in [3.63, 3.8) is 0 Å². The normalized spacial score (nSPS) is 19.5. The highest BCUT2D eigenvalue weighted by atomic mass is 16.5. The highest BCUT2D eigenvalue weighted by molar-refractivity contribution is 5.32. The van der Waals surface area contributed by atoms with Crippen LogP contribution in [0.4, 0.5) is 0 Å². The second-order valence-electron chi connectivity index (χ2n) is 8.14. The van der Waals surface area contributed by atoms with Gasteiger partial charge in [-0.3, -0.25) is 4.90 Å². The molecule has 1 aromatic heterocycles. The minimum atomic E-state index is 0.190. The zero-order valence-electron chi connectivity index (χ0n) is 17.7. The number of nitrogens with zero attached hydrogens (tertiary/aromatic N) is 4. The molecule has 1 aliphatic heterocycles. The fraction of sp³-hybridized carbons (Fsp3) is 0.360. The summed E-state index contributed by atoms with van der Waals surface area (Å²) in [6.07, 6.45) is 5.13. The third-order valence-electron chi connectivity index (χ3n) is 6.04. The monoisotopic (exact) mass is 400 g/mol. The van der Waals surface area contributed by atoms with E-state index in [1.807, 2.05) is 43.9 Å². The summed E-state index contributed by atoms with van der Waals surface area (Å²) in [5, 5.41) is 8.98. The highest BCUT2D eigenvalue weighted by Crippen LogP contribution is 2.31. The van der Waals surface area contributed by atoms with Gasteiger partial charge in [-0.05, 0) is 43.1 Å². The lowest BCUT2D eigenvalue weighted by molar-refractivity contribution is 0.0111. The minimum Gasteiger partial charge on any atom is -0.379 e. The van der Waals surface area contributed by atoms with Crippen LogP contribution in [0.1, 0.15) is 40.3 Å². The van der Waals surface area contributed by atoms with Crippen LogP contribution in [0.2, 0.25) is 0 Å². The van der Waals surface area contributed by atoms with Gasteiger partial charge >= 0.3 is 0 Å². The van der Waals surface area contributed by atoms with Crippen molar-refractivity contribution in [1.29, 1.82) is 5.26 Å². The summed E-state index contributed by atoms with van der Waals surface area (Å²) in [4.78, 5) is 6.85. The summed E-state index contributed by atoms with van der Waals surface area (Å²) in [5.74, 6) is 0.440. The minimum absolute atomic E-state index is 0.190. The molecule has 0 radical (unpaired) electrons. The van der Waals surface area contributed by atoms with E-state index in [4.69, 9.17) is 10.00 Å². The van der Waals surface area contributed by atoms with E-state index in [2.05, 4.69) is 51.7 Å². The van der Waals surface area contributed by atoms with Crippen molar-refractivity contribution in [2.45, 2.75) is 38.5 Å². The first-order valence-electron chi connectivity index (χ1n) is 10.5. The predicted octanol–water partition coefficient (Wildman–Crippen LogP) is 4.12. The topological polar surface area (TPSA) is 54.1 Å². The van der Waals surface area contributed by atoms with Gasteiger partial charge in [-0.1, -0.05) is 42.0 Å². The molecular formula is C25H28N4O. The maximum atomic E-state index is 8.98. The van der Waals surface area contributed by atoms with E-state index in [9.17, 15) is 0 Å². The lowest BCUT2D eigenvalue weighted by Crippen LogP contribution is -2.43. The van der Waals surface area contributed by atoms with Gasteiger partial charge in [0.25, 0.3) is 0 Å². The first-order chi connectivity index (χ1) is 14.7. The van der Waals surface area contributed by atoms with Crippen molar-refractivity contribution in [3.05, 3.63) is 89.0 Å². The van der Waals surface area contributed by atoms with Gasteiger partial charge in [0.1, 0.15) is 0 Å². The molecule has 2 atom stereocenters. The lowest BCUT2D eigenvalue weighted by atomic mass is 9.86. The van der Waals surface area contributed by atoms with Crippen LogP contribution < -0.4 is 0 Å². The van der Waals surface area contributed by atoms with Crippen molar-refractivity contribution >= 4 is 0 Å². The molecule has 0 saturated carbocycles. The Morgan fingerprint density at radius 3 is 2.73 bits per heavy atom. The first-order valence-corrected chi connectivity index (χ1v) is 10.5. The Bertz CT molecular complexity index is 1020. The van der Waals surface area contributed by atoms with Crippen molar-refractivity contribution in [3.8, 4) is 6.07 Å². The number of rotatable bonds is 6. The summed E-state index contributed by atoms with van der Waals surface area (Å²) < 4.78 is 8.10. The van der Waals surface area contributed by atoms with Gasteiger partial charge in [-0.15, -0.1) is 0 Å². The molecule has 5 heteroatoms. The zero-order valence-corrected chi connectivity index (χ0v) is 17.7. The summed E-state index contributed by atoms with van der Waals surface area (Å²) in [6, 6.07) is 18.7. The second-order valence-corrected chi connectivity index (χ2v) is 8.14. The molecule has 0 aliphatic carbocycles. The van der Waals surface area contributed by atoms with Gasteiger partial charge < -0.3 is 9.30 Å². The zero-order chi connectivity index (χ0) is 20.9. The summed E-state index contributed by atoms with van der Waals surface area (Å²) >= 11 is 0. The molecule has 0 amide bonds. The Hall–Kier alpha value is -2.94. The number of hydrogen-bond donors (Lipinski definition) is 0. The maximum absolute atomic E-state index is 8.98. The Balaban J connectivity index is 1.42. The molecule has 30 heavy (non-hydrogen) atoms. The SMILES string of the molecule is CO[C@@H]1CN(Cc2cncn2Cc2ccc(C#N)cc2)CC[C@H]1c1cccc(C)c1. The molecule has 0 unspecified atom stereocenters. The van der Waals surface area contributed by atoms with Gasteiger partial charge in [0, 0.05) is 38.9 Å². The van der Waals surface area contributed by atoms with Crippen LogP contribution in [0.25, 0.3) is 0 Å². The molecule has 4 rings (SSSR count). The standard InChI is InChI=1S/C25H28N4O/c1-19-4-3-5-22(12-19)24-10-11-28(17-25(24)30-2)16-23-14-27-18-29(23)15-21-8-6-20(13-26)7-9-21/h3-9,12,14,18,24-25H,10-11,15-17H2,1-2H3/t24-,25+/m0/s1. The molecule has 0 N–H and O–H groups in total. The van der Waals surface area contributed by atoms with E-state index in [-0.39, 0.29) is 6.10 Å². The van der Waals surface area contributed by atoms with Gasteiger partial charge in [-0.2, -0.15) is 5.26 Å². The van der Waals surface area contributed by atoms with E-state index < -0.39 is 0 Å². The summed E-state index contributed by atoms with van der Waals surface area (Å²) in [5.41, 5.74) is 5.74. The Morgan fingerprint density at radius 1 is 1.17 bits per heavy atom. The van der Waals surface area contributed by atoms with Crippen LogP contribution in [0.15, 0.2) is 61.1 Å². The molecule has 5 nitrogen and oxygen atoms in total. The molecule has 1 aliphatic rings. The van der Waals surface area contributed by atoms with Crippen molar-refractivity contribution in [2.24, 2.45) is 0 Å². The third-order valence-corrected chi connectivity index (χ3v) is 6.04. The molecular weight excluding hydrogens is 372 g/mol. The molecule has 3 aromatic rings. The van der Waals surface area contributed by atoms with Crippen LogP contribution >= 0.6 is 0 Å². The Kier molecular flexibility index (Phi) is 6.27. The molecule has 2 aromatic carbocycles. The van der Waals surface area contributed by atoms with Crippen molar-refractivity contribution in [1.82, 2.24) is 14.5 Å². The number of nitriles is 1. The average Bonchev–Trinajstić information content (AvgIpc) is 3.20. The lowest BCUT2D eigenvalue weighted by Gasteiger charge is -2.38. The van der Waals surface area contributed by atoms with Gasteiger partial charge in [-0.25, -0.2) is 4.98 Å². The molecule has 154 valence electrons. The fourth-order valence-corrected chi connectivity index (χ4v) is 4.38. The smallest absolute Gasteiger partial charge is 0.0991 e. The Labute approximate surface area is 178 Å². The number of benzene rings is 2.